The SMILES string of the molecule is CN1CCN(CCN)C(c2ccccc2)C1. The van der Waals surface area contributed by atoms with Gasteiger partial charge in [-0.3, -0.25) is 4.90 Å². The largest absolute Gasteiger partial charge is 0.329 e. The lowest BCUT2D eigenvalue weighted by Gasteiger charge is -2.40. The fourth-order valence-electron chi connectivity index (χ4n) is 2.38. The van der Waals surface area contributed by atoms with Crippen molar-refractivity contribution >= 4 is 0 Å². The third kappa shape index (κ3) is 2.61. The number of piperazine rings is 1. The predicted molar refractivity (Wildman–Crippen MR) is 67.3 cm³/mol. The van der Waals surface area contributed by atoms with E-state index in [0.29, 0.717) is 6.04 Å². The number of hydrogen-bond donors (Lipinski definition) is 1. The Hall–Kier alpha value is -0.900. The monoisotopic (exact) mass is 219 g/mol. The molecule has 0 aromatic heterocycles. The molecule has 1 atom stereocenters. The molecule has 1 unspecified atom stereocenters. The average Bonchev–Trinajstić information content (AvgIpc) is 2.33. The van der Waals surface area contributed by atoms with Gasteiger partial charge < -0.3 is 10.6 Å². The Morgan fingerprint density at radius 1 is 1.25 bits per heavy atom. The van der Waals surface area contributed by atoms with Crippen LogP contribution in [0, 0.1) is 0 Å². The van der Waals surface area contributed by atoms with Crippen molar-refractivity contribution in [2.75, 3.05) is 39.8 Å². The molecule has 1 aliphatic heterocycles. The van der Waals surface area contributed by atoms with E-state index >= 15 is 0 Å². The molecule has 3 heteroatoms. The topological polar surface area (TPSA) is 32.5 Å². The molecule has 0 spiro atoms. The van der Waals surface area contributed by atoms with Gasteiger partial charge in [0.25, 0.3) is 0 Å². The molecule has 1 saturated heterocycles. The van der Waals surface area contributed by atoms with Gasteiger partial charge in [-0.25, -0.2) is 0 Å². The Balaban J connectivity index is 2.14. The number of rotatable bonds is 3. The van der Waals surface area contributed by atoms with Crippen molar-refractivity contribution in [3.63, 3.8) is 0 Å². The second-order valence-electron chi connectivity index (χ2n) is 4.51. The lowest BCUT2D eigenvalue weighted by atomic mass is 10.0. The number of nitrogens with two attached hydrogens (primary N) is 1. The van der Waals surface area contributed by atoms with Crippen LogP contribution in [0.4, 0.5) is 0 Å². The van der Waals surface area contributed by atoms with Crippen LogP contribution < -0.4 is 5.73 Å². The minimum absolute atomic E-state index is 0.503. The smallest absolute Gasteiger partial charge is 0.0476 e. The lowest BCUT2D eigenvalue weighted by molar-refractivity contribution is 0.0928. The van der Waals surface area contributed by atoms with Gasteiger partial charge in [0.2, 0.25) is 0 Å². The molecule has 3 nitrogen and oxygen atoms in total. The maximum Gasteiger partial charge on any atom is 0.0476 e. The summed E-state index contributed by atoms with van der Waals surface area (Å²) in [6, 6.07) is 11.2. The molecule has 2 N–H and O–H groups in total. The molecule has 0 radical (unpaired) electrons. The van der Waals surface area contributed by atoms with E-state index in [0.717, 1.165) is 32.7 Å². The van der Waals surface area contributed by atoms with Gasteiger partial charge in [0, 0.05) is 38.8 Å². The van der Waals surface area contributed by atoms with E-state index in [1.807, 2.05) is 0 Å². The van der Waals surface area contributed by atoms with E-state index in [2.05, 4.69) is 47.2 Å². The first-order valence-electron chi connectivity index (χ1n) is 5.99. The minimum atomic E-state index is 0.503. The van der Waals surface area contributed by atoms with E-state index in [1.54, 1.807) is 0 Å². The highest BCUT2D eigenvalue weighted by Crippen LogP contribution is 2.23. The summed E-state index contributed by atoms with van der Waals surface area (Å²) in [5, 5.41) is 0. The highest BCUT2D eigenvalue weighted by atomic mass is 15.3. The second kappa shape index (κ2) is 5.43. The normalized spacial score (nSPS) is 23.5. The van der Waals surface area contributed by atoms with Gasteiger partial charge in [-0.2, -0.15) is 0 Å². The average molecular weight is 219 g/mol. The summed E-state index contributed by atoms with van der Waals surface area (Å²) in [5.41, 5.74) is 7.08. The van der Waals surface area contributed by atoms with Crippen LogP contribution in [0.1, 0.15) is 11.6 Å². The quantitative estimate of drug-likeness (QED) is 0.821. The van der Waals surface area contributed by atoms with Crippen LogP contribution in [0.5, 0.6) is 0 Å². The van der Waals surface area contributed by atoms with Crippen molar-refractivity contribution in [3.05, 3.63) is 35.9 Å². The van der Waals surface area contributed by atoms with E-state index in [9.17, 15) is 0 Å². The molecule has 0 saturated carbocycles. The third-order valence-corrected chi connectivity index (χ3v) is 3.29. The first kappa shape index (κ1) is 11.6. The van der Waals surface area contributed by atoms with Gasteiger partial charge in [0.1, 0.15) is 0 Å². The Morgan fingerprint density at radius 3 is 2.69 bits per heavy atom. The van der Waals surface area contributed by atoms with Crippen LogP contribution in [0.15, 0.2) is 30.3 Å². The van der Waals surface area contributed by atoms with E-state index in [1.165, 1.54) is 5.56 Å². The molecule has 88 valence electrons. The summed E-state index contributed by atoms with van der Waals surface area (Å²) in [6.45, 7) is 5.10. The van der Waals surface area contributed by atoms with Crippen LogP contribution in [0.3, 0.4) is 0 Å². The number of nitrogens with zero attached hydrogens (tertiary/aromatic N) is 2. The zero-order valence-electron chi connectivity index (χ0n) is 9.97. The van der Waals surface area contributed by atoms with Crippen molar-refractivity contribution in [3.8, 4) is 0 Å². The summed E-state index contributed by atoms with van der Waals surface area (Å²) < 4.78 is 0. The minimum Gasteiger partial charge on any atom is -0.329 e. The fraction of sp³-hybridized carbons (Fsp3) is 0.538. The summed E-state index contributed by atoms with van der Waals surface area (Å²) in [4.78, 5) is 4.89. The van der Waals surface area contributed by atoms with Crippen LogP contribution in [0.25, 0.3) is 0 Å². The number of benzene rings is 1. The van der Waals surface area contributed by atoms with Crippen molar-refractivity contribution < 1.29 is 0 Å². The van der Waals surface area contributed by atoms with E-state index < -0.39 is 0 Å². The third-order valence-electron chi connectivity index (χ3n) is 3.29. The molecule has 1 aromatic carbocycles. The molecule has 1 aliphatic rings. The van der Waals surface area contributed by atoms with Crippen LogP contribution in [-0.2, 0) is 0 Å². The van der Waals surface area contributed by atoms with Crippen LogP contribution >= 0.6 is 0 Å². The van der Waals surface area contributed by atoms with Gasteiger partial charge in [-0.05, 0) is 12.6 Å². The van der Waals surface area contributed by atoms with Gasteiger partial charge >= 0.3 is 0 Å². The summed E-state index contributed by atoms with van der Waals surface area (Å²) in [6.07, 6.45) is 0. The van der Waals surface area contributed by atoms with Gasteiger partial charge in [-0.15, -0.1) is 0 Å². The maximum atomic E-state index is 5.68. The Bertz CT molecular complexity index is 312. The molecule has 1 aromatic rings. The van der Waals surface area contributed by atoms with Gasteiger partial charge in [-0.1, -0.05) is 30.3 Å². The first-order chi connectivity index (χ1) is 7.81. The van der Waals surface area contributed by atoms with Gasteiger partial charge in [0.15, 0.2) is 0 Å². The zero-order valence-corrected chi connectivity index (χ0v) is 9.97. The maximum absolute atomic E-state index is 5.68. The molecule has 2 rings (SSSR count). The molecule has 0 amide bonds. The lowest BCUT2D eigenvalue weighted by Crippen LogP contribution is -2.48. The standard InChI is InChI=1S/C13H21N3/c1-15-9-10-16(8-7-14)13(11-15)12-5-3-2-4-6-12/h2-6,13H,7-11,14H2,1H3. The van der Waals surface area contributed by atoms with E-state index in [-0.39, 0.29) is 0 Å². The molecular weight excluding hydrogens is 198 g/mol. The Morgan fingerprint density at radius 2 is 2.00 bits per heavy atom. The van der Waals surface area contributed by atoms with Crippen LogP contribution in [-0.4, -0.2) is 49.6 Å². The summed E-state index contributed by atoms with van der Waals surface area (Å²) in [5.74, 6) is 0. The Labute approximate surface area is 97.8 Å². The van der Waals surface area contributed by atoms with Gasteiger partial charge in [0.05, 0.1) is 0 Å². The van der Waals surface area contributed by atoms with Crippen molar-refractivity contribution in [1.82, 2.24) is 9.80 Å². The Kier molecular flexibility index (Phi) is 3.93. The molecule has 0 aliphatic carbocycles. The van der Waals surface area contributed by atoms with Crippen molar-refractivity contribution in [2.24, 2.45) is 5.73 Å². The first-order valence-corrected chi connectivity index (χ1v) is 5.99. The molecule has 1 heterocycles. The summed E-state index contributed by atoms with van der Waals surface area (Å²) in [7, 11) is 2.19. The molecule has 16 heavy (non-hydrogen) atoms. The molecule has 0 bridgehead atoms. The predicted octanol–water partition coefficient (Wildman–Crippen LogP) is 0.934. The molecular formula is C13H21N3. The summed E-state index contributed by atoms with van der Waals surface area (Å²) >= 11 is 0. The second-order valence-corrected chi connectivity index (χ2v) is 4.51. The van der Waals surface area contributed by atoms with E-state index in [4.69, 9.17) is 5.73 Å². The number of hydrogen-bond acceptors (Lipinski definition) is 3. The van der Waals surface area contributed by atoms with Crippen molar-refractivity contribution in [1.29, 1.82) is 0 Å². The van der Waals surface area contributed by atoms with Crippen molar-refractivity contribution in [2.45, 2.75) is 6.04 Å². The fourth-order valence-corrected chi connectivity index (χ4v) is 2.38. The number of likely N-dealkylation sites (N-methyl/N-ethyl adjacent to an activating group) is 1. The van der Waals surface area contributed by atoms with Crippen LogP contribution in [0.2, 0.25) is 0 Å². The highest BCUT2D eigenvalue weighted by molar-refractivity contribution is 5.20. The zero-order chi connectivity index (χ0) is 11.4. The highest BCUT2D eigenvalue weighted by Gasteiger charge is 2.25. The molecule has 1 fully saturated rings.